The maximum absolute atomic E-state index is 14.0. The van der Waals surface area contributed by atoms with E-state index in [9.17, 15) is 9.50 Å². The van der Waals surface area contributed by atoms with Gasteiger partial charge in [0.05, 0.1) is 0 Å². The minimum Gasteiger partial charge on any atom is -0.380 e. The third kappa shape index (κ3) is 2.72. The average molecular weight is 288 g/mol. The fourth-order valence-corrected chi connectivity index (χ4v) is 3.13. The van der Waals surface area contributed by atoms with E-state index in [1.807, 2.05) is 0 Å². The standard InChI is InChI=1S/C17H21FN2O/c1-2-4-12-9-13(18)10-14(11-5-3-6-11)15(12)16(21)17-19-7-8-20-17/h7-11,16,21H,2-6H2,1H3,(H,19,20). The van der Waals surface area contributed by atoms with E-state index in [1.165, 1.54) is 6.42 Å². The molecule has 1 aromatic carbocycles. The van der Waals surface area contributed by atoms with Gasteiger partial charge in [-0.05, 0) is 54.0 Å². The molecule has 2 N–H and O–H groups in total. The Morgan fingerprint density at radius 1 is 1.43 bits per heavy atom. The van der Waals surface area contributed by atoms with Crippen LogP contribution < -0.4 is 0 Å². The number of aromatic amines is 1. The number of aliphatic hydroxyl groups excluding tert-OH is 1. The van der Waals surface area contributed by atoms with Crippen molar-refractivity contribution in [3.05, 3.63) is 52.9 Å². The molecule has 0 radical (unpaired) electrons. The van der Waals surface area contributed by atoms with Crippen molar-refractivity contribution < 1.29 is 9.50 Å². The predicted molar refractivity (Wildman–Crippen MR) is 79.6 cm³/mol. The fourth-order valence-electron chi connectivity index (χ4n) is 3.13. The van der Waals surface area contributed by atoms with Crippen LogP contribution in [0.1, 0.15) is 67.1 Å². The lowest BCUT2D eigenvalue weighted by atomic mass is 9.76. The Balaban J connectivity index is 2.09. The van der Waals surface area contributed by atoms with Gasteiger partial charge in [-0.25, -0.2) is 9.37 Å². The summed E-state index contributed by atoms with van der Waals surface area (Å²) in [6.07, 6.45) is 7.55. The number of benzene rings is 1. The highest BCUT2D eigenvalue weighted by Crippen LogP contribution is 2.42. The molecule has 1 atom stereocenters. The summed E-state index contributed by atoms with van der Waals surface area (Å²) in [5.74, 6) is 0.700. The number of imidazole rings is 1. The quantitative estimate of drug-likeness (QED) is 0.878. The second-order valence-corrected chi connectivity index (χ2v) is 5.82. The summed E-state index contributed by atoms with van der Waals surface area (Å²) < 4.78 is 14.0. The van der Waals surface area contributed by atoms with E-state index in [0.29, 0.717) is 11.7 Å². The van der Waals surface area contributed by atoms with Gasteiger partial charge in [0.15, 0.2) is 0 Å². The van der Waals surface area contributed by atoms with E-state index in [1.54, 1.807) is 24.5 Å². The molecule has 1 saturated carbocycles. The number of hydrogen-bond donors (Lipinski definition) is 2. The van der Waals surface area contributed by atoms with Crippen molar-refractivity contribution in [1.29, 1.82) is 0 Å². The van der Waals surface area contributed by atoms with Crippen molar-refractivity contribution in [1.82, 2.24) is 9.97 Å². The zero-order chi connectivity index (χ0) is 14.8. The summed E-state index contributed by atoms with van der Waals surface area (Å²) in [5.41, 5.74) is 2.73. The number of rotatable bonds is 5. The first-order valence-electron chi connectivity index (χ1n) is 7.70. The van der Waals surface area contributed by atoms with Crippen LogP contribution in [0.5, 0.6) is 0 Å². The first kappa shape index (κ1) is 14.3. The van der Waals surface area contributed by atoms with Gasteiger partial charge in [-0.1, -0.05) is 19.8 Å². The Bertz CT molecular complexity index is 606. The van der Waals surface area contributed by atoms with Gasteiger partial charge in [-0.3, -0.25) is 0 Å². The largest absolute Gasteiger partial charge is 0.380 e. The van der Waals surface area contributed by atoms with Gasteiger partial charge in [-0.15, -0.1) is 0 Å². The van der Waals surface area contributed by atoms with Gasteiger partial charge in [0, 0.05) is 12.4 Å². The maximum atomic E-state index is 14.0. The molecule has 2 aromatic rings. The molecule has 1 aromatic heterocycles. The Morgan fingerprint density at radius 3 is 2.81 bits per heavy atom. The maximum Gasteiger partial charge on any atom is 0.139 e. The summed E-state index contributed by atoms with van der Waals surface area (Å²) >= 11 is 0. The molecule has 4 heteroatoms. The monoisotopic (exact) mass is 288 g/mol. The van der Waals surface area contributed by atoms with Crippen LogP contribution in [0, 0.1) is 5.82 Å². The molecule has 1 fully saturated rings. The van der Waals surface area contributed by atoms with Crippen LogP contribution in [0.25, 0.3) is 0 Å². The number of nitrogens with zero attached hydrogens (tertiary/aromatic N) is 1. The van der Waals surface area contributed by atoms with Crippen molar-refractivity contribution in [2.45, 2.75) is 51.0 Å². The number of aliphatic hydroxyl groups is 1. The first-order valence-corrected chi connectivity index (χ1v) is 7.70. The molecule has 0 saturated heterocycles. The van der Waals surface area contributed by atoms with Crippen LogP contribution in [0.3, 0.4) is 0 Å². The molecule has 3 nitrogen and oxygen atoms in total. The Kier molecular flexibility index (Phi) is 4.06. The third-order valence-electron chi connectivity index (χ3n) is 4.38. The van der Waals surface area contributed by atoms with E-state index < -0.39 is 6.10 Å². The van der Waals surface area contributed by atoms with E-state index >= 15 is 0 Å². The van der Waals surface area contributed by atoms with Crippen molar-refractivity contribution >= 4 is 0 Å². The summed E-state index contributed by atoms with van der Waals surface area (Å²) in [6.45, 7) is 2.07. The van der Waals surface area contributed by atoms with Gasteiger partial charge in [0.1, 0.15) is 17.7 Å². The van der Waals surface area contributed by atoms with Gasteiger partial charge < -0.3 is 10.1 Å². The SMILES string of the molecule is CCCc1cc(F)cc(C2CCC2)c1C(O)c1ncc[nH]1. The molecule has 1 aliphatic carbocycles. The minimum absolute atomic E-state index is 0.198. The van der Waals surface area contributed by atoms with Crippen molar-refractivity contribution in [3.63, 3.8) is 0 Å². The molecule has 3 rings (SSSR count). The molecule has 1 unspecified atom stereocenters. The number of aromatic nitrogens is 2. The van der Waals surface area contributed by atoms with Crippen LogP contribution >= 0.6 is 0 Å². The molecule has 0 aliphatic heterocycles. The summed E-state index contributed by atoms with van der Waals surface area (Å²) in [5, 5.41) is 10.7. The van der Waals surface area contributed by atoms with E-state index in [2.05, 4.69) is 16.9 Å². The summed E-state index contributed by atoms with van der Waals surface area (Å²) in [7, 11) is 0. The smallest absolute Gasteiger partial charge is 0.139 e. The first-order chi connectivity index (χ1) is 10.2. The highest BCUT2D eigenvalue weighted by Gasteiger charge is 2.28. The van der Waals surface area contributed by atoms with Gasteiger partial charge >= 0.3 is 0 Å². The molecule has 112 valence electrons. The van der Waals surface area contributed by atoms with E-state index in [4.69, 9.17) is 0 Å². The molecule has 0 bridgehead atoms. The average Bonchev–Trinajstić information content (AvgIpc) is 2.90. The Hall–Kier alpha value is -1.68. The number of nitrogens with one attached hydrogen (secondary N) is 1. The zero-order valence-electron chi connectivity index (χ0n) is 12.3. The van der Waals surface area contributed by atoms with Crippen LogP contribution in [0.4, 0.5) is 4.39 Å². The second kappa shape index (κ2) is 5.98. The molecular weight excluding hydrogens is 267 g/mol. The van der Waals surface area contributed by atoms with Crippen LogP contribution in [-0.2, 0) is 6.42 Å². The molecular formula is C17H21FN2O. The third-order valence-corrected chi connectivity index (χ3v) is 4.38. The van der Waals surface area contributed by atoms with Crippen LogP contribution in [0.2, 0.25) is 0 Å². The molecule has 21 heavy (non-hydrogen) atoms. The molecule has 0 amide bonds. The Labute approximate surface area is 124 Å². The van der Waals surface area contributed by atoms with Gasteiger partial charge in [0.2, 0.25) is 0 Å². The van der Waals surface area contributed by atoms with Crippen molar-refractivity contribution in [2.24, 2.45) is 0 Å². The minimum atomic E-state index is -0.808. The van der Waals surface area contributed by atoms with Crippen LogP contribution in [-0.4, -0.2) is 15.1 Å². The van der Waals surface area contributed by atoms with Crippen molar-refractivity contribution in [2.75, 3.05) is 0 Å². The zero-order valence-corrected chi connectivity index (χ0v) is 12.3. The lowest BCUT2D eigenvalue weighted by Gasteiger charge is -2.30. The highest BCUT2D eigenvalue weighted by molar-refractivity contribution is 5.43. The second-order valence-electron chi connectivity index (χ2n) is 5.82. The molecule has 1 aliphatic rings. The lowest BCUT2D eigenvalue weighted by molar-refractivity contribution is 0.206. The number of halogens is 1. The highest BCUT2D eigenvalue weighted by atomic mass is 19.1. The summed E-state index contributed by atoms with van der Waals surface area (Å²) in [6, 6.07) is 3.16. The van der Waals surface area contributed by atoms with Gasteiger partial charge in [-0.2, -0.15) is 0 Å². The van der Waals surface area contributed by atoms with E-state index in [-0.39, 0.29) is 5.82 Å². The lowest BCUT2D eigenvalue weighted by Crippen LogP contribution is -2.17. The number of hydrogen-bond acceptors (Lipinski definition) is 2. The predicted octanol–water partition coefficient (Wildman–Crippen LogP) is 3.85. The normalized spacial score (nSPS) is 16.7. The molecule has 1 heterocycles. The fraction of sp³-hybridized carbons (Fsp3) is 0.471. The van der Waals surface area contributed by atoms with Crippen LogP contribution in [0.15, 0.2) is 24.5 Å². The molecule has 0 spiro atoms. The summed E-state index contributed by atoms with van der Waals surface area (Å²) in [4.78, 5) is 7.13. The Morgan fingerprint density at radius 2 is 2.24 bits per heavy atom. The number of H-pyrrole nitrogens is 1. The van der Waals surface area contributed by atoms with E-state index in [0.717, 1.165) is 42.4 Å². The van der Waals surface area contributed by atoms with Crippen molar-refractivity contribution in [3.8, 4) is 0 Å². The number of aryl methyl sites for hydroxylation is 1. The van der Waals surface area contributed by atoms with Gasteiger partial charge in [0.25, 0.3) is 0 Å². The topological polar surface area (TPSA) is 48.9 Å².